The lowest BCUT2D eigenvalue weighted by Gasteiger charge is -2.35. The van der Waals surface area contributed by atoms with Gasteiger partial charge in [0.15, 0.2) is 0 Å². The Morgan fingerprint density at radius 1 is 1.27 bits per heavy atom. The number of thioether (sulfide) groups is 1. The van der Waals surface area contributed by atoms with Crippen LogP contribution in [0.5, 0.6) is 5.75 Å². The molecule has 1 aliphatic rings. The fourth-order valence-corrected chi connectivity index (χ4v) is 3.70. The van der Waals surface area contributed by atoms with Crippen molar-refractivity contribution >= 4 is 17.7 Å². The molecule has 1 saturated heterocycles. The van der Waals surface area contributed by atoms with Gasteiger partial charge in [0.05, 0.1) is 17.9 Å². The average molecular weight is 376 g/mol. The molecule has 1 atom stereocenters. The molecule has 8 heteroatoms. The number of piperazine rings is 1. The summed E-state index contributed by atoms with van der Waals surface area (Å²) in [7, 11) is 1.60. The fourth-order valence-electron chi connectivity index (χ4n) is 2.93. The lowest BCUT2D eigenvalue weighted by atomic mass is 10.2. The van der Waals surface area contributed by atoms with Crippen molar-refractivity contribution in [2.75, 3.05) is 39.8 Å². The first kappa shape index (κ1) is 18.7. The smallest absolute Gasteiger partial charge is 0.277 e. The second-order valence-electron chi connectivity index (χ2n) is 6.09. The van der Waals surface area contributed by atoms with E-state index in [1.54, 1.807) is 7.11 Å². The Bertz CT molecular complexity index is 744. The number of aromatic nitrogens is 2. The quantitative estimate of drug-likeness (QED) is 0.717. The van der Waals surface area contributed by atoms with Crippen LogP contribution in [-0.4, -0.2) is 71.0 Å². The summed E-state index contributed by atoms with van der Waals surface area (Å²) in [5.74, 6) is 1.18. The molecule has 0 bridgehead atoms. The number of hydrogen-bond acceptors (Lipinski definition) is 7. The molecule has 1 aromatic heterocycles. The Balaban J connectivity index is 1.62. The average Bonchev–Trinajstić information content (AvgIpc) is 3.15. The number of benzene rings is 1. The summed E-state index contributed by atoms with van der Waals surface area (Å²) in [4.78, 5) is 16.9. The number of rotatable bonds is 6. The highest BCUT2D eigenvalue weighted by Gasteiger charge is 2.26. The van der Waals surface area contributed by atoms with Crippen LogP contribution >= 0.6 is 11.8 Å². The zero-order valence-corrected chi connectivity index (χ0v) is 16.2. The van der Waals surface area contributed by atoms with Crippen molar-refractivity contribution in [3.8, 4) is 17.2 Å². The number of likely N-dealkylation sites (N-methyl/N-ethyl adjacent to an activating group) is 1. The Kier molecular flexibility index (Phi) is 6.16. The second kappa shape index (κ2) is 8.55. The number of hydrogen-bond donors (Lipinski definition) is 0. The SMILES string of the molecule is CCN1CCN(C(=O)C(C)Sc2nnc(-c3ccccc3OC)o2)CC1. The van der Waals surface area contributed by atoms with Crippen LogP contribution in [0.4, 0.5) is 0 Å². The summed E-state index contributed by atoms with van der Waals surface area (Å²) in [5.41, 5.74) is 0.740. The van der Waals surface area contributed by atoms with Crippen LogP contribution in [0.3, 0.4) is 0 Å². The van der Waals surface area contributed by atoms with E-state index in [0.717, 1.165) is 38.3 Å². The van der Waals surface area contributed by atoms with Crippen LogP contribution in [0, 0.1) is 0 Å². The topological polar surface area (TPSA) is 71.7 Å². The van der Waals surface area contributed by atoms with Crippen LogP contribution in [0.15, 0.2) is 33.9 Å². The second-order valence-corrected chi connectivity index (χ2v) is 7.39. The Labute approximate surface area is 157 Å². The third-order valence-electron chi connectivity index (χ3n) is 4.50. The van der Waals surface area contributed by atoms with Crippen LogP contribution < -0.4 is 4.74 Å². The van der Waals surface area contributed by atoms with Gasteiger partial charge in [-0.05, 0) is 25.6 Å². The number of nitrogens with zero attached hydrogens (tertiary/aromatic N) is 4. The fraction of sp³-hybridized carbons (Fsp3) is 0.500. The van der Waals surface area contributed by atoms with Gasteiger partial charge in [0, 0.05) is 26.2 Å². The molecule has 2 heterocycles. The largest absolute Gasteiger partial charge is 0.496 e. The summed E-state index contributed by atoms with van der Waals surface area (Å²) >= 11 is 1.29. The van der Waals surface area contributed by atoms with E-state index in [1.807, 2.05) is 36.1 Å². The number of carbonyl (C=O) groups is 1. The van der Waals surface area contributed by atoms with E-state index >= 15 is 0 Å². The summed E-state index contributed by atoms with van der Waals surface area (Å²) in [6, 6.07) is 7.47. The van der Waals surface area contributed by atoms with Crippen LogP contribution in [0.25, 0.3) is 11.5 Å². The molecule has 140 valence electrons. The van der Waals surface area contributed by atoms with E-state index in [1.165, 1.54) is 11.8 Å². The number of methoxy groups -OCH3 is 1. The molecule has 7 nitrogen and oxygen atoms in total. The maximum absolute atomic E-state index is 12.7. The minimum atomic E-state index is -0.269. The lowest BCUT2D eigenvalue weighted by Crippen LogP contribution is -2.50. The van der Waals surface area contributed by atoms with Crippen LogP contribution in [-0.2, 0) is 4.79 Å². The summed E-state index contributed by atoms with van der Waals surface area (Å²) in [6.45, 7) is 8.45. The highest BCUT2D eigenvalue weighted by Crippen LogP contribution is 2.31. The molecule has 0 saturated carbocycles. The van der Waals surface area contributed by atoms with Gasteiger partial charge >= 0.3 is 0 Å². The van der Waals surface area contributed by atoms with Gasteiger partial charge in [-0.25, -0.2) is 0 Å². The van der Waals surface area contributed by atoms with Gasteiger partial charge in [-0.2, -0.15) is 0 Å². The van der Waals surface area contributed by atoms with Crippen molar-refractivity contribution in [2.45, 2.75) is 24.3 Å². The summed E-state index contributed by atoms with van der Waals surface area (Å²) in [5, 5.41) is 8.28. The van der Waals surface area contributed by atoms with E-state index in [-0.39, 0.29) is 11.2 Å². The molecule has 1 amide bonds. The summed E-state index contributed by atoms with van der Waals surface area (Å²) < 4.78 is 11.1. The first-order chi connectivity index (χ1) is 12.6. The molecule has 0 N–H and O–H groups in total. The lowest BCUT2D eigenvalue weighted by molar-refractivity contribution is -0.132. The van der Waals surface area contributed by atoms with Crippen LogP contribution in [0.1, 0.15) is 13.8 Å². The molecule has 0 spiro atoms. The van der Waals surface area contributed by atoms with Crippen molar-refractivity contribution in [1.29, 1.82) is 0 Å². The van der Waals surface area contributed by atoms with E-state index in [4.69, 9.17) is 9.15 Å². The monoisotopic (exact) mass is 376 g/mol. The Hall–Kier alpha value is -2.06. The van der Waals surface area contributed by atoms with E-state index in [0.29, 0.717) is 16.9 Å². The maximum Gasteiger partial charge on any atom is 0.277 e. The maximum atomic E-state index is 12.7. The first-order valence-corrected chi connectivity index (χ1v) is 9.65. The van der Waals surface area contributed by atoms with Gasteiger partial charge in [-0.3, -0.25) is 4.79 Å². The minimum absolute atomic E-state index is 0.114. The molecule has 1 aliphatic heterocycles. The van der Waals surface area contributed by atoms with Gasteiger partial charge in [0.25, 0.3) is 11.1 Å². The molecular formula is C18H24N4O3S. The highest BCUT2D eigenvalue weighted by atomic mass is 32.2. The number of amides is 1. The third-order valence-corrected chi connectivity index (χ3v) is 5.42. The molecular weight excluding hydrogens is 352 g/mol. The van der Waals surface area contributed by atoms with Gasteiger partial charge in [-0.1, -0.05) is 30.8 Å². The minimum Gasteiger partial charge on any atom is -0.496 e. The predicted molar refractivity (Wildman–Crippen MR) is 100 cm³/mol. The number of para-hydroxylation sites is 1. The molecule has 1 unspecified atom stereocenters. The number of ether oxygens (including phenoxy) is 1. The van der Waals surface area contributed by atoms with E-state index in [2.05, 4.69) is 22.0 Å². The molecule has 2 aromatic rings. The molecule has 26 heavy (non-hydrogen) atoms. The normalized spacial score (nSPS) is 16.5. The van der Waals surface area contributed by atoms with Gasteiger partial charge < -0.3 is 19.0 Å². The van der Waals surface area contributed by atoms with Crippen molar-refractivity contribution in [1.82, 2.24) is 20.0 Å². The predicted octanol–water partition coefficient (Wildman–Crippen LogP) is 2.39. The van der Waals surface area contributed by atoms with E-state index < -0.39 is 0 Å². The highest BCUT2D eigenvalue weighted by molar-refractivity contribution is 8.00. The standard InChI is InChI=1S/C18H24N4O3S/c1-4-21-9-11-22(12-10-21)17(23)13(2)26-18-20-19-16(25-18)14-7-5-6-8-15(14)24-3/h5-8,13H,4,9-12H2,1-3H3. The van der Waals surface area contributed by atoms with Crippen molar-refractivity contribution < 1.29 is 13.9 Å². The molecule has 1 aromatic carbocycles. The Morgan fingerprint density at radius 3 is 2.69 bits per heavy atom. The van der Waals surface area contributed by atoms with E-state index in [9.17, 15) is 4.79 Å². The van der Waals surface area contributed by atoms with Gasteiger partial charge in [-0.15, -0.1) is 10.2 Å². The van der Waals surface area contributed by atoms with Crippen molar-refractivity contribution in [2.24, 2.45) is 0 Å². The zero-order chi connectivity index (χ0) is 18.5. The molecule has 1 fully saturated rings. The van der Waals surface area contributed by atoms with Gasteiger partial charge in [0.2, 0.25) is 5.91 Å². The van der Waals surface area contributed by atoms with Crippen molar-refractivity contribution in [3.63, 3.8) is 0 Å². The zero-order valence-electron chi connectivity index (χ0n) is 15.3. The summed E-state index contributed by atoms with van der Waals surface area (Å²) in [6.07, 6.45) is 0. The van der Waals surface area contributed by atoms with Gasteiger partial charge in [0.1, 0.15) is 5.75 Å². The van der Waals surface area contributed by atoms with Crippen molar-refractivity contribution in [3.05, 3.63) is 24.3 Å². The Morgan fingerprint density at radius 2 is 2.00 bits per heavy atom. The first-order valence-electron chi connectivity index (χ1n) is 8.77. The molecule has 0 aliphatic carbocycles. The third kappa shape index (κ3) is 4.19. The molecule has 3 rings (SSSR count). The number of carbonyl (C=O) groups excluding carboxylic acids is 1. The van der Waals surface area contributed by atoms with Crippen LogP contribution in [0.2, 0.25) is 0 Å². The molecule has 0 radical (unpaired) electrons.